The van der Waals surface area contributed by atoms with E-state index >= 15 is 0 Å². The number of methoxy groups -OCH3 is 1. The van der Waals surface area contributed by atoms with Crippen molar-refractivity contribution in [1.82, 2.24) is 0 Å². The Morgan fingerprint density at radius 3 is 1.72 bits per heavy atom. The Bertz CT molecular complexity index is 281. The first-order valence-electron chi connectivity index (χ1n) is 5.88. The van der Waals surface area contributed by atoms with Crippen LogP contribution >= 0.6 is 0 Å². The third-order valence-electron chi connectivity index (χ3n) is 2.34. The number of esters is 3. The quantitative estimate of drug-likeness (QED) is 0.385. The second kappa shape index (κ2) is 8.49. The smallest absolute Gasteiger partial charge is 0.320 e. The first-order valence-corrected chi connectivity index (χ1v) is 5.88. The topological polar surface area (TPSA) is 78.9 Å². The lowest BCUT2D eigenvalue weighted by atomic mass is 9.96. The molecule has 0 bridgehead atoms. The maximum absolute atomic E-state index is 11.6. The molecule has 0 aliphatic rings. The first kappa shape index (κ1) is 16.4. The van der Waals surface area contributed by atoms with Crippen LogP contribution in [0.4, 0.5) is 0 Å². The van der Waals surface area contributed by atoms with Crippen LogP contribution in [0.15, 0.2) is 0 Å². The average molecular weight is 260 g/mol. The van der Waals surface area contributed by atoms with Gasteiger partial charge in [0.25, 0.3) is 0 Å². The summed E-state index contributed by atoms with van der Waals surface area (Å²) in [6.07, 6.45) is 0.0182. The van der Waals surface area contributed by atoms with Crippen molar-refractivity contribution in [1.29, 1.82) is 0 Å². The van der Waals surface area contributed by atoms with Crippen LogP contribution in [0.1, 0.15) is 27.2 Å². The second-order valence-corrected chi connectivity index (χ2v) is 3.72. The first-order chi connectivity index (χ1) is 8.47. The lowest BCUT2D eigenvalue weighted by Crippen LogP contribution is -2.31. The molecule has 0 saturated heterocycles. The number of carbonyl (C=O) groups is 3. The van der Waals surface area contributed by atoms with Gasteiger partial charge in [-0.15, -0.1) is 0 Å². The molecule has 18 heavy (non-hydrogen) atoms. The van der Waals surface area contributed by atoms with E-state index in [4.69, 9.17) is 9.47 Å². The monoisotopic (exact) mass is 260 g/mol. The van der Waals surface area contributed by atoms with Crippen LogP contribution in [0, 0.1) is 11.8 Å². The van der Waals surface area contributed by atoms with Gasteiger partial charge < -0.3 is 14.2 Å². The second-order valence-electron chi connectivity index (χ2n) is 3.72. The SMILES string of the molecule is CCOC(=O)C(C[C@H](C)C(=O)OC)C(=O)OCC. The Kier molecular flexibility index (Phi) is 7.74. The zero-order chi connectivity index (χ0) is 14.1. The van der Waals surface area contributed by atoms with Crippen molar-refractivity contribution in [2.75, 3.05) is 20.3 Å². The Labute approximate surface area is 107 Å². The summed E-state index contributed by atoms with van der Waals surface area (Å²) in [5.74, 6) is -3.49. The average Bonchev–Trinajstić information content (AvgIpc) is 2.34. The van der Waals surface area contributed by atoms with Gasteiger partial charge in [-0.1, -0.05) is 6.92 Å². The molecule has 0 aromatic heterocycles. The molecule has 0 radical (unpaired) electrons. The highest BCUT2D eigenvalue weighted by Crippen LogP contribution is 2.17. The molecule has 0 saturated carbocycles. The van der Waals surface area contributed by atoms with Crippen molar-refractivity contribution >= 4 is 17.9 Å². The van der Waals surface area contributed by atoms with Gasteiger partial charge >= 0.3 is 17.9 Å². The zero-order valence-corrected chi connectivity index (χ0v) is 11.2. The van der Waals surface area contributed by atoms with Crippen LogP contribution in [0.3, 0.4) is 0 Å². The van der Waals surface area contributed by atoms with Crippen LogP contribution in [-0.4, -0.2) is 38.2 Å². The maximum atomic E-state index is 11.6. The van der Waals surface area contributed by atoms with Crippen molar-refractivity contribution in [2.24, 2.45) is 11.8 Å². The van der Waals surface area contributed by atoms with Crippen LogP contribution in [0.25, 0.3) is 0 Å². The summed E-state index contributed by atoms with van der Waals surface area (Å²) in [5, 5.41) is 0. The highest BCUT2D eigenvalue weighted by molar-refractivity contribution is 5.95. The lowest BCUT2D eigenvalue weighted by Gasteiger charge is -2.17. The van der Waals surface area contributed by atoms with E-state index in [2.05, 4.69) is 4.74 Å². The molecular weight excluding hydrogens is 240 g/mol. The molecule has 0 aromatic carbocycles. The molecule has 6 nitrogen and oxygen atoms in total. The van der Waals surface area contributed by atoms with Gasteiger partial charge in [-0.2, -0.15) is 0 Å². The molecule has 0 N–H and O–H groups in total. The molecule has 0 rings (SSSR count). The van der Waals surface area contributed by atoms with Gasteiger partial charge in [0.05, 0.1) is 26.2 Å². The predicted molar refractivity (Wildman–Crippen MR) is 62.6 cm³/mol. The molecule has 104 valence electrons. The highest BCUT2D eigenvalue weighted by atomic mass is 16.6. The summed E-state index contributed by atoms with van der Waals surface area (Å²) in [7, 11) is 1.25. The molecular formula is C12H20O6. The van der Waals surface area contributed by atoms with Crippen molar-refractivity contribution in [3.8, 4) is 0 Å². The van der Waals surface area contributed by atoms with E-state index < -0.39 is 29.7 Å². The molecule has 0 aromatic rings. The van der Waals surface area contributed by atoms with Crippen molar-refractivity contribution in [2.45, 2.75) is 27.2 Å². The van der Waals surface area contributed by atoms with Gasteiger partial charge in [0.1, 0.15) is 0 Å². The molecule has 0 spiro atoms. The number of hydrogen-bond donors (Lipinski definition) is 0. The van der Waals surface area contributed by atoms with Crippen molar-refractivity contribution in [3.05, 3.63) is 0 Å². The molecule has 0 amide bonds. The fourth-order valence-corrected chi connectivity index (χ4v) is 1.43. The molecule has 0 heterocycles. The Morgan fingerprint density at radius 1 is 0.944 bits per heavy atom. The highest BCUT2D eigenvalue weighted by Gasteiger charge is 2.33. The minimum absolute atomic E-state index is 0.0182. The van der Waals surface area contributed by atoms with E-state index in [9.17, 15) is 14.4 Å². The standard InChI is InChI=1S/C12H20O6/c1-5-17-11(14)9(12(15)18-6-2)7-8(3)10(13)16-4/h8-9H,5-7H2,1-4H3/t8-/m0/s1. The Hall–Kier alpha value is -1.59. The lowest BCUT2D eigenvalue weighted by molar-refractivity contribution is -0.163. The summed E-state index contributed by atoms with van der Waals surface area (Å²) >= 11 is 0. The minimum Gasteiger partial charge on any atom is -0.469 e. The molecule has 0 aliphatic carbocycles. The van der Waals surface area contributed by atoms with E-state index in [0.29, 0.717) is 0 Å². The van der Waals surface area contributed by atoms with E-state index in [1.807, 2.05) is 0 Å². The Morgan fingerprint density at radius 2 is 1.39 bits per heavy atom. The summed E-state index contributed by atoms with van der Waals surface area (Å²) < 4.78 is 14.1. The zero-order valence-electron chi connectivity index (χ0n) is 11.2. The summed E-state index contributed by atoms with van der Waals surface area (Å²) in [5.41, 5.74) is 0. The number of ether oxygens (including phenoxy) is 3. The van der Waals surface area contributed by atoms with E-state index in [1.165, 1.54) is 7.11 Å². The number of rotatable bonds is 7. The Balaban J connectivity index is 4.71. The molecule has 0 aliphatic heterocycles. The summed E-state index contributed by atoms with van der Waals surface area (Å²) in [4.78, 5) is 34.5. The van der Waals surface area contributed by atoms with Crippen LogP contribution < -0.4 is 0 Å². The molecule has 0 unspecified atom stereocenters. The number of carbonyl (C=O) groups excluding carboxylic acids is 3. The van der Waals surface area contributed by atoms with E-state index in [0.717, 1.165) is 0 Å². The third-order valence-corrected chi connectivity index (χ3v) is 2.34. The van der Waals surface area contributed by atoms with Gasteiger partial charge in [0.2, 0.25) is 0 Å². The number of hydrogen-bond acceptors (Lipinski definition) is 6. The maximum Gasteiger partial charge on any atom is 0.320 e. The van der Waals surface area contributed by atoms with Crippen LogP contribution in [-0.2, 0) is 28.6 Å². The predicted octanol–water partition coefficient (Wildman–Crippen LogP) is 0.928. The van der Waals surface area contributed by atoms with Gasteiger partial charge in [0, 0.05) is 0 Å². The van der Waals surface area contributed by atoms with Crippen molar-refractivity contribution < 1.29 is 28.6 Å². The van der Waals surface area contributed by atoms with Crippen LogP contribution in [0.2, 0.25) is 0 Å². The molecule has 1 atom stereocenters. The molecule has 6 heteroatoms. The van der Waals surface area contributed by atoms with Gasteiger partial charge in [-0.05, 0) is 20.3 Å². The fourth-order valence-electron chi connectivity index (χ4n) is 1.43. The van der Waals surface area contributed by atoms with Gasteiger partial charge in [-0.3, -0.25) is 14.4 Å². The molecule has 0 fully saturated rings. The fraction of sp³-hybridized carbons (Fsp3) is 0.750. The van der Waals surface area contributed by atoms with Crippen LogP contribution in [0.5, 0.6) is 0 Å². The van der Waals surface area contributed by atoms with Gasteiger partial charge in [0.15, 0.2) is 5.92 Å². The largest absolute Gasteiger partial charge is 0.469 e. The third kappa shape index (κ3) is 5.16. The summed E-state index contributed by atoms with van der Waals surface area (Å²) in [6.45, 7) is 5.20. The van der Waals surface area contributed by atoms with E-state index in [1.54, 1.807) is 20.8 Å². The summed E-state index contributed by atoms with van der Waals surface area (Å²) in [6, 6.07) is 0. The van der Waals surface area contributed by atoms with E-state index in [-0.39, 0.29) is 19.6 Å². The minimum atomic E-state index is -1.08. The van der Waals surface area contributed by atoms with Gasteiger partial charge in [-0.25, -0.2) is 0 Å². The van der Waals surface area contributed by atoms with Crippen molar-refractivity contribution in [3.63, 3.8) is 0 Å². The normalized spacial score (nSPS) is 11.8.